The van der Waals surface area contributed by atoms with Crippen molar-refractivity contribution in [3.05, 3.63) is 27.7 Å². The Hall–Kier alpha value is -1.76. The van der Waals surface area contributed by atoms with Crippen LogP contribution < -0.4 is 5.56 Å². The van der Waals surface area contributed by atoms with Crippen LogP contribution in [0.3, 0.4) is 0 Å². The molecule has 0 bridgehead atoms. The third kappa shape index (κ3) is 5.11. The molecule has 2 unspecified atom stereocenters. The molecule has 1 aliphatic heterocycles. The van der Waals surface area contributed by atoms with Gasteiger partial charge >= 0.3 is 5.97 Å². The van der Waals surface area contributed by atoms with Gasteiger partial charge in [-0.2, -0.15) is 5.10 Å². The van der Waals surface area contributed by atoms with Gasteiger partial charge in [-0.1, -0.05) is 13.8 Å². The van der Waals surface area contributed by atoms with E-state index in [1.54, 1.807) is 13.0 Å². The van der Waals surface area contributed by atoms with Crippen LogP contribution >= 0.6 is 0 Å². The average Bonchev–Trinajstić information content (AvgIpc) is 2.98. The second-order valence-corrected chi connectivity index (χ2v) is 7.17. The third-order valence-electron chi connectivity index (χ3n) is 4.53. The van der Waals surface area contributed by atoms with Crippen LogP contribution in [0.2, 0.25) is 0 Å². The molecule has 25 heavy (non-hydrogen) atoms. The Morgan fingerprint density at radius 3 is 2.76 bits per heavy atom. The Labute approximate surface area is 148 Å². The molecule has 1 saturated heterocycles. The summed E-state index contributed by atoms with van der Waals surface area (Å²) in [5.74, 6) is -0.243. The molecule has 6 nitrogen and oxygen atoms in total. The Bertz CT molecular complexity index is 659. The first-order chi connectivity index (χ1) is 11.8. The summed E-state index contributed by atoms with van der Waals surface area (Å²) < 4.78 is 19.4. The molecule has 0 radical (unpaired) electrons. The fraction of sp³-hybridized carbons (Fsp3) is 0.722. The quantitative estimate of drug-likeness (QED) is 0.701. The van der Waals surface area contributed by atoms with E-state index in [9.17, 15) is 14.0 Å². The molecule has 7 heteroatoms. The number of alkyl halides is 1. The van der Waals surface area contributed by atoms with Crippen molar-refractivity contribution >= 4 is 5.97 Å². The van der Waals surface area contributed by atoms with Gasteiger partial charge in [0.2, 0.25) is 0 Å². The Morgan fingerprint density at radius 1 is 1.48 bits per heavy atom. The number of methoxy groups -OCH3 is 1. The van der Waals surface area contributed by atoms with E-state index in [2.05, 4.69) is 10.00 Å². The van der Waals surface area contributed by atoms with Gasteiger partial charge in [-0.15, -0.1) is 0 Å². The fourth-order valence-electron chi connectivity index (χ4n) is 3.18. The number of hydrogen-bond donors (Lipinski definition) is 0. The van der Waals surface area contributed by atoms with Crippen LogP contribution in [-0.2, 0) is 16.0 Å². The second-order valence-electron chi connectivity index (χ2n) is 7.17. The molecule has 0 saturated carbocycles. The molecular formula is C18H28FN3O3. The number of aryl methyl sites for hydroxylation is 1. The minimum Gasteiger partial charge on any atom is -0.467 e. The summed E-state index contributed by atoms with van der Waals surface area (Å²) in [5.41, 5.74) is 1.01. The summed E-state index contributed by atoms with van der Waals surface area (Å²) in [6.45, 7) is 7.59. The smallest absolute Gasteiger partial charge is 0.330 e. The highest BCUT2D eigenvalue weighted by Crippen LogP contribution is 2.18. The predicted octanol–water partition coefficient (Wildman–Crippen LogP) is 1.90. The number of hydrogen-bond acceptors (Lipinski definition) is 5. The number of esters is 1. The summed E-state index contributed by atoms with van der Waals surface area (Å²) in [6.07, 6.45) is 0.921. The lowest BCUT2D eigenvalue weighted by Crippen LogP contribution is -2.35. The highest BCUT2D eigenvalue weighted by Gasteiger charge is 2.26. The minimum atomic E-state index is -0.751. The van der Waals surface area contributed by atoms with Crippen molar-refractivity contribution in [3.8, 4) is 0 Å². The lowest BCUT2D eigenvalue weighted by atomic mass is 10.0. The van der Waals surface area contributed by atoms with E-state index in [0.717, 1.165) is 12.2 Å². The first-order valence-electron chi connectivity index (χ1n) is 8.85. The average molecular weight is 353 g/mol. The number of carbonyl (C=O) groups is 1. The zero-order chi connectivity index (χ0) is 18.6. The molecule has 0 N–H and O–H groups in total. The van der Waals surface area contributed by atoms with Crippen molar-refractivity contribution < 1.29 is 13.9 Å². The lowest BCUT2D eigenvalue weighted by molar-refractivity contribution is -0.145. The topological polar surface area (TPSA) is 64.4 Å². The van der Waals surface area contributed by atoms with Gasteiger partial charge in [-0.05, 0) is 31.7 Å². The van der Waals surface area contributed by atoms with Crippen molar-refractivity contribution in [2.24, 2.45) is 5.92 Å². The summed E-state index contributed by atoms with van der Waals surface area (Å²) in [6, 6.07) is 1.03. The molecule has 0 aromatic carbocycles. The number of nitrogens with zero attached hydrogens (tertiary/aromatic N) is 3. The highest BCUT2D eigenvalue weighted by atomic mass is 19.1. The summed E-state index contributed by atoms with van der Waals surface area (Å²) in [5, 5.41) is 4.42. The number of halogens is 1. The molecule has 1 aromatic heterocycles. The lowest BCUT2D eigenvalue weighted by Gasteiger charge is -2.20. The van der Waals surface area contributed by atoms with Gasteiger partial charge < -0.3 is 4.74 Å². The zero-order valence-corrected chi connectivity index (χ0v) is 15.5. The van der Waals surface area contributed by atoms with Gasteiger partial charge in [-0.3, -0.25) is 9.69 Å². The largest absolute Gasteiger partial charge is 0.467 e. The van der Waals surface area contributed by atoms with Crippen molar-refractivity contribution in [2.75, 3.05) is 26.7 Å². The Morgan fingerprint density at radius 2 is 2.20 bits per heavy atom. The van der Waals surface area contributed by atoms with Crippen LogP contribution in [0.1, 0.15) is 44.0 Å². The molecule has 140 valence electrons. The molecule has 0 spiro atoms. The van der Waals surface area contributed by atoms with Crippen molar-refractivity contribution in [1.82, 2.24) is 14.7 Å². The van der Waals surface area contributed by atoms with Crippen molar-refractivity contribution in [3.63, 3.8) is 0 Å². The van der Waals surface area contributed by atoms with E-state index in [4.69, 9.17) is 4.74 Å². The van der Waals surface area contributed by atoms with Crippen LogP contribution in [0.5, 0.6) is 0 Å². The van der Waals surface area contributed by atoms with Gasteiger partial charge in [0.15, 0.2) is 6.04 Å². The maximum absolute atomic E-state index is 13.3. The van der Waals surface area contributed by atoms with E-state index in [1.165, 1.54) is 11.8 Å². The third-order valence-corrected chi connectivity index (χ3v) is 4.53. The number of carbonyl (C=O) groups excluding carboxylic acids is 1. The zero-order valence-electron chi connectivity index (χ0n) is 15.5. The van der Waals surface area contributed by atoms with Gasteiger partial charge in [0.1, 0.15) is 6.17 Å². The molecule has 1 fully saturated rings. The van der Waals surface area contributed by atoms with Crippen LogP contribution in [0.4, 0.5) is 4.39 Å². The fourth-order valence-corrected chi connectivity index (χ4v) is 3.18. The molecule has 1 aromatic rings. The second kappa shape index (κ2) is 8.56. The van der Waals surface area contributed by atoms with E-state index < -0.39 is 18.2 Å². The highest BCUT2D eigenvalue weighted by molar-refractivity contribution is 5.73. The van der Waals surface area contributed by atoms with Gasteiger partial charge in [0, 0.05) is 31.6 Å². The minimum absolute atomic E-state index is 0.216. The van der Waals surface area contributed by atoms with Crippen molar-refractivity contribution in [1.29, 1.82) is 0 Å². The van der Waals surface area contributed by atoms with Gasteiger partial charge in [-0.25, -0.2) is 13.9 Å². The van der Waals surface area contributed by atoms with E-state index in [0.29, 0.717) is 37.9 Å². The number of ether oxygens (including phenoxy) is 1. The van der Waals surface area contributed by atoms with E-state index in [1.807, 2.05) is 13.8 Å². The SMILES string of the molecule is COC(=O)C(CC(C)C)n1nc(CCN2CCC(F)C2)cc(C)c1=O. The monoisotopic (exact) mass is 353 g/mol. The molecule has 0 aliphatic carbocycles. The normalized spacial score (nSPS) is 19.4. The summed E-state index contributed by atoms with van der Waals surface area (Å²) >= 11 is 0. The molecule has 2 rings (SSSR count). The summed E-state index contributed by atoms with van der Waals surface area (Å²) in [7, 11) is 1.32. The molecule has 2 heterocycles. The van der Waals surface area contributed by atoms with Gasteiger partial charge in [0.25, 0.3) is 5.56 Å². The van der Waals surface area contributed by atoms with Crippen LogP contribution in [-0.4, -0.2) is 53.6 Å². The standard InChI is InChI=1S/C18H28FN3O3/c1-12(2)9-16(18(24)25-4)22-17(23)13(3)10-15(20-22)6-8-21-7-5-14(19)11-21/h10,12,14,16H,5-9,11H2,1-4H3. The van der Waals surface area contributed by atoms with Crippen molar-refractivity contribution in [2.45, 2.75) is 52.2 Å². The number of rotatable bonds is 7. The van der Waals surface area contributed by atoms with Gasteiger partial charge in [0.05, 0.1) is 12.8 Å². The molecule has 2 atom stereocenters. The van der Waals surface area contributed by atoms with E-state index >= 15 is 0 Å². The Kier molecular flexibility index (Phi) is 6.70. The first kappa shape index (κ1) is 19.6. The summed E-state index contributed by atoms with van der Waals surface area (Å²) in [4.78, 5) is 26.7. The molecular weight excluding hydrogens is 325 g/mol. The van der Waals surface area contributed by atoms with Crippen LogP contribution in [0.15, 0.2) is 10.9 Å². The number of aromatic nitrogens is 2. The number of likely N-dealkylation sites (tertiary alicyclic amines) is 1. The molecule has 0 amide bonds. The van der Waals surface area contributed by atoms with Crippen LogP contribution in [0.25, 0.3) is 0 Å². The molecule has 1 aliphatic rings. The predicted molar refractivity (Wildman–Crippen MR) is 93.4 cm³/mol. The van der Waals surface area contributed by atoms with Crippen LogP contribution in [0, 0.1) is 12.8 Å². The first-order valence-corrected chi connectivity index (χ1v) is 8.85. The Balaban J connectivity index is 2.23. The van der Waals surface area contributed by atoms with E-state index in [-0.39, 0.29) is 11.5 Å². The maximum Gasteiger partial charge on any atom is 0.330 e. The maximum atomic E-state index is 13.3.